The van der Waals surface area contributed by atoms with E-state index in [9.17, 15) is 0 Å². The second-order valence-corrected chi connectivity index (χ2v) is 4.60. The summed E-state index contributed by atoms with van der Waals surface area (Å²) in [4.78, 5) is 0. The van der Waals surface area contributed by atoms with Crippen molar-refractivity contribution in [3.8, 4) is 0 Å². The lowest BCUT2D eigenvalue weighted by atomic mass is 9.76. The summed E-state index contributed by atoms with van der Waals surface area (Å²) in [6, 6.07) is 3.86. The van der Waals surface area contributed by atoms with Gasteiger partial charge in [-0.15, -0.1) is 0 Å². The van der Waals surface area contributed by atoms with E-state index in [1.54, 1.807) is 0 Å². The Morgan fingerprint density at radius 3 is 2.29 bits per heavy atom. The van der Waals surface area contributed by atoms with E-state index in [0.29, 0.717) is 11.4 Å². The molecule has 0 amide bonds. The average molecular weight is 257 g/mol. The van der Waals surface area contributed by atoms with Crippen molar-refractivity contribution in [2.45, 2.75) is 26.7 Å². The molecule has 0 spiro atoms. The molecule has 2 N–H and O–H groups in total. The summed E-state index contributed by atoms with van der Waals surface area (Å²) >= 11 is 3.41. The predicted octanol–water partition coefficient (Wildman–Crippen LogP) is 1.56. The van der Waals surface area contributed by atoms with E-state index >= 15 is 0 Å². The molecular formula is C10H14BBrO2. The number of hydrogen-bond donors (Lipinski definition) is 2. The monoisotopic (exact) mass is 256 g/mol. The maximum atomic E-state index is 9.17. The Labute approximate surface area is 93.2 Å². The summed E-state index contributed by atoms with van der Waals surface area (Å²) < 4.78 is 0.923. The zero-order valence-corrected chi connectivity index (χ0v) is 10.2. The van der Waals surface area contributed by atoms with Gasteiger partial charge in [0.25, 0.3) is 0 Å². The first-order valence-corrected chi connectivity index (χ1v) is 5.39. The molecule has 0 saturated heterocycles. The van der Waals surface area contributed by atoms with Gasteiger partial charge in [-0.05, 0) is 35.5 Å². The van der Waals surface area contributed by atoms with Gasteiger partial charge in [-0.3, -0.25) is 0 Å². The average Bonchev–Trinajstić information content (AvgIpc) is 2.08. The van der Waals surface area contributed by atoms with Gasteiger partial charge in [-0.1, -0.05) is 35.8 Å². The predicted molar refractivity (Wildman–Crippen MR) is 62.8 cm³/mol. The highest BCUT2D eigenvalue weighted by molar-refractivity contribution is 9.10. The van der Waals surface area contributed by atoms with E-state index < -0.39 is 7.12 Å². The van der Waals surface area contributed by atoms with Crippen LogP contribution < -0.4 is 5.46 Å². The Morgan fingerprint density at radius 2 is 1.86 bits per heavy atom. The number of rotatable bonds is 2. The fourth-order valence-electron chi connectivity index (χ4n) is 1.32. The van der Waals surface area contributed by atoms with Gasteiger partial charge in [-0.2, -0.15) is 0 Å². The molecule has 0 unspecified atom stereocenters. The van der Waals surface area contributed by atoms with Crippen molar-refractivity contribution in [1.82, 2.24) is 0 Å². The summed E-state index contributed by atoms with van der Waals surface area (Å²) in [5, 5.41) is 18.3. The molecule has 2 nitrogen and oxygen atoms in total. The van der Waals surface area contributed by atoms with E-state index in [-0.39, 0.29) is 0 Å². The highest BCUT2D eigenvalue weighted by Crippen LogP contribution is 2.21. The van der Waals surface area contributed by atoms with Crippen LogP contribution in [0, 0.1) is 6.92 Å². The lowest BCUT2D eigenvalue weighted by Crippen LogP contribution is -2.32. The SMILES string of the molecule is Cc1c(Br)cc(C(C)C)cc1B(O)O. The van der Waals surface area contributed by atoms with Crippen molar-refractivity contribution in [3.05, 3.63) is 27.7 Å². The van der Waals surface area contributed by atoms with E-state index in [1.165, 1.54) is 0 Å². The van der Waals surface area contributed by atoms with Crippen molar-refractivity contribution in [1.29, 1.82) is 0 Å². The van der Waals surface area contributed by atoms with Crippen LogP contribution in [0.4, 0.5) is 0 Å². The normalized spacial score (nSPS) is 10.8. The Balaban J connectivity index is 3.28. The number of halogens is 1. The summed E-state index contributed by atoms with van der Waals surface area (Å²) in [5.41, 5.74) is 2.55. The zero-order chi connectivity index (χ0) is 10.9. The molecule has 1 aromatic rings. The van der Waals surface area contributed by atoms with Crippen LogP contribution in [0.5, 0.6) is 0 Å². The first-order valence-electron chi connectivity index (χ1n) is 4.59. The standard InChI is InChI=1S/C10H14BBrO2/c1-6(2)8-4-9(11(13)14)7(3)10(12)5-8/h4-6,13-14H,1-3H3. The quantitative estimate of drug-likeness (QED) is 0.789. The lowest BCUT2D eigenvalue weighted by Gasteiger charge is -2.12. The zero-order valence-electron chi connectivity index (χ0n) is 8.58. The Morgan fingerprint density at radius 1 is 1.29 bits per heavy atom. The molecule has 0 radical (unpaired) electrons. The molecule has 0 aliphatic rings. The second kappa shape index (κ2) is 4.47. The van der Waals surface area contributed by atoms with Gasteiger partial charge in [-0.25, -0.2) is 0 Å². The molecule has 0 aliphatic carbocycles. The summed E-state index contributed by atoms with van der Waals surface area (Å²) in [6.45, 7) is 6.01. The van der Waals surface area contributed by atoms with Gasteiger partial charge >= 0.3 is 7.12 Å². The van der Waals surface area contributed by atoms with Crippen LogP contribution in [0.1, 0.15) is 30.9 Å². The van der Waals surface area contributed by atoms with Crippen molar-refractivity contribution >= 4 is 28.5 Å². The van der Waals surface area contributed by atoms with E-state index in [1.807, 2.05) is 19.1 Å². The molecule has 1 aromatic carbocycles. The number of benzene rings is 1. The molecule has 0 bridgehead atoms. The third kappa shape index (κ3) is 2.38. The fourth-order valence-corrected chi connectivity index (χ4v) is 1.82. The molecule has 0 aromatic heterocycles. The van der Waals surface area contributed by atoms with Crippen molar-refractivity contribution in [2.24, 2.45) is 0 Å². The van der Waals surface area contributed by atoms with E-state index in [2.05, 4.69) is 29.8 Å². The number of hydrogen-bond acceptors (Lipinski definition) is 2. The van der Waals surface area contributed by atoms with Crippen LogP contribution in [-0.2, 0) is 0 Å². The maximum absolute atomic E-state index is 9.17. The lowest BCUT2D eigenvalue weighted by molar-refractivity contribution is 0.425. The minimum absolute atomic E-state index is 0.379. The van der Waals surface area contributed by atoms with Gasteiger partial charge in [0.1, 0.15) is 0 Å². The van der Waals surface area contributed by atoms with Crippen LogP contribution in [-0.4, -0.2) is 17.2 Å². The Kier molecular flexibility index (Phi) is 3.75. The molecule has 14 heavy (non-hydrogen) atoms. The molecule has 1 rings (SSSR count). The van der Waals surface area contributed by atoms with Crippen molar-refractivity contribution < 1.29 is 10.0 Å². The first kappa shape index (κ1) is 11.8. The van der Waals surface area contributed by atoms with Gasteiger partial charge in [0.05, 0.1) is 0 Å². The van der Waals surface area contributed by atoms with Gasteiger partial charge in [0.15, 0.2) is 0 Å². The molecular weight excluding hydrogens is 243 g/mol. The summed E-state index contributed by atoms with van der Waals surface area (Å²) in [6.07, 6.45) is 0. The fraction of sp³-hybridized carbons (Fsp3) is 0.400. The van der Waals surface area contributed by atoms with Gasteiger partial charge in [0, 0.05) is 4.47 Å². The Bertz CT molecular complexity index is 337. The molecule has 4 heteroatoms. The smallest absolute Gasteiger partial charge is 0.423 e. The van der Waals surface area contributed by atoms with Crippen molar-refractivity contribution in [3.63, 3.8) is 0 Å². The molecule has 0 heterocycles. The van der Waals surface area contributed by atoms with Crippen molar-refractivity contribution in [2.75, 3.05) is 0 Å². The summed E-state index contributed by atoms with van der Waals surface area (Å²) in [7, 11) is -1.40. The van der Waals surface area contributed by atoms with Crippen LogP contribution in [0.3, 0.4) is 0 Å². The molecule has 0 atom stereocenters. The second-order valence-electron chi connectivity index (χ2n) is 3.75. The highest BCUT2D eigenvalue weighted by atomic mass is 79.9. The molecule has 76 valence electrons. The third-order valence-electron chi connectivity index (χ3n) is 2.35. The first-order chi connectivity index (χ1) is 6.43. The van der Waals surface area contributed by atoms with E-state index in [4.69, 9.17) is 10.0 Å². The van der Waals surface area contributed by atoms with Crippen LogP contribution in [0.2, 0.25) is 0 Å². The van der Waals surface area contributed by atoms with Gasteiger partial charge in [0.2, 0.25) is 0 Å². The minimum atomic E-state index is -1.40. The van der Waals surface area contributed by atoms with Crippen LogP contribution >= 0.6 is 15.9 Å². The van der Waals surface area contributed by atoms with Crippen LogP contribution in [0.15, 0.2) is 16.6 Å². The topological polar surface area (TPSA) is 40.5 Å². The minimum Gasteiger partial charge on any atom is -0.423 e. The highest BCUT2D eigenvalue weighted by Gasteiger charge is 2.17. The molecule has 0 aliphatic heterocycles. The third-order valence-corrected chi connectivity index (χ3v) is 3.18. The summed E-state index contributed by atoms with van der Waals surface area (Å²) in [5.74, 6) is 0.379. The Hall–Kier alpha value is -0.315. The molecule has 0 fully saturated rings. The largest absolute Gasteiger partial charge is 0.488 e. The van der Waals surface area contributed by atoms with Gasteiger partial charge < -0.3 is 10.0 Å². The molecule has 0 saturated carbocycles. The maximum Gasteiger partial charge on any atom is 0.488 e. The van der Waals surface area contributed by atoms with E-state index in [0.717, 1.165) is 15.6 Å². The van der Waals surface area contributed by atoms with Crippen LogP contribution in [0.25, 0.3) is 0 Å².